The van der Waals surface area contributed by atoms with Crippen LogP contribution in [0.2, 0.25) is 0 Å². The Balaban J connectivity index is 2.12. The third kappa shape index (κ3) is 2.70. The molecule has 0 unspecified atom stereocenters. The van der Waals surface area contributed by atoms with Crippen LogP contribution in [0.1, 0.15) is 17.5 Å². The van der Waals surface area contributed by atoms with E-state index >= 15 is 0 Å². The van der Waals surface area contributed by atoms with Crippen LogP contribution < -0.4 is 4.90 Å². The van der Waals surface area contributed by atoms with Gasteiger partial charge in [-0.05, 0) is 36.5 Å². The number of fused-ring (bicyclic) bond motifs is 1. The van der Waals surface area contributed by atoms with Gasteiger partial charge in [-0.2, -0.15) is 0 Å². The minimum atomic E-state index is -0.581. The number of hydrogen-bond acceptors (Lipinski definition) is 6. The van der Waals surface area contributed by atoms with Gasteiger partial charge in [-0.25, -0.2) is 9.59 Å². The third-order valence-electron chi connectivity index (χ3n) is 4.25. The van der Waals surface area contributed by atoms with E-state index in [1.807, 2.05) is 12.1 Å². The molecule has 6 heteroatoms. The van der Waals surface area contributed by atoms with Gasteiger partial charge in [0.1, 0.15) is 12.4 Å². The maximum Gasteiger partial charge on any atom is 0.355 e. The lowest BCUT2D eigenvalue weighted by Gasteiger charge is -2.32. The fourth-order valence-corrected chi connectivity index (χ4v) is 3.19. The number of nitrogens with zero attached hydrogens (tertiary/aromatic N) is 1. The van der Waals surface area contributed by atoms with Crippen molar-refractivity contribution in [2.24, 2.45) is 0 Å². The highest BCUT2D eigenvalue weighted by Gasteiger charge is 2.33. The van der Waals surface area contributed by atoms with Gasteiger partial charge in [0.2, 0.25) is 0 Å². The molecule has 1 aliphatic carbocycles. The Bertz CT molecular complexity index is 680. The lowest BCUT2D eigenvalue weighted by atomic mass is 10.1. The monoisotopic (exact) mass is 317 g/mol. The quantitative estimate of drug-likeness (QED) is 0.789. The molecule has 2 aliphatic rings. The minimum Gasteiger partial charge on any atom is -0.466 e. The number of aryl methyl sites for hydroxylation is 1. The zero-order chi connectivity index (χ0) is 16.4. The van der Waals surface area contributed by atoms with Gasteiger partial charge in [-0.3, -0.25) is 0 Å². The van der Waals surface area contributed by atoms with Gasteiger partial charge in [0.05, 0.1) is 26.4 Å². The molecule has 122 valence electrons. The first-order valence-electron chi connectivity index (χ1n) is 7.53. The second-order valence-electron chi connectivity index (χ2n) is 5.48. The van der Waals surface area contributed by atoms with Crippen LogP contribution in [0.4, 0.5) is 5.69 Å². The van der Waals surface area contributed by atoms with Crippen molar-refractivity contribution < 1.29 is 23.8 Å². The molecule has 0 spiro atoms. The molecule has 3 rings (SSSR count). The second kappa shape index (κ2) is 6.42. The van der Waals surface area contributed by atoms with Crippen LogP contribution in [-0.4, -0.2) is 39.5 Å². The zero-order valence-electron chi connectivity index (χ0n) is 13.3. The van der Waals surface area contributed by atoms with Gasteiger partial charge in [-0.1, -0.05) is 12.1 Å². The molecule has 23 heavy (non-hydrogen) atoms. The zero-order valence-corrected chi connectivity index (χ0v) is 13.3. The fourth-order valence-electron chi connectivity index (χ4n) is 3.19. The van der Waals surface area contributed by atoms with Crippen molar-refractivity contribution in [3.8, 4) is 0 Å². The number of carbonyl (C=O) groups excluding carboxylic acids is 2. The molecular weight excluding hydrogens is 298 g/mol. The van der Waals surface area contributed by atoms with Crippen molar-refractivity contribution in [1.82, 2.24) is 0 Å². The minimum absolute atomic E-state index is 0.0304. The molecule has 0 bridgehead atoms. The molecule has 1 aromatic carbocycles. The van der Waals surface area contributed by atoms with Gasteiger partial charge in [-0.15, -0.1) is 0 Å². The number of carbonyl (C=O) groups is 2. The van der Waals surface area contributed by atoms with E-state index in [2.05, 4.69) is 6.07 Å². The molecule has 1 aromatic rings. The average Bonchev–Trinajstić information content (AvgIpc) is 3.08. The van der Waals surface area contributed by atoms with E-state index in [0.29, 0.717) is 0 Å². The highest BCUT2D eigenvalue weighted by Crippen LogP contribution is 2.35. The van der Waals surface area contributed by atoms with E-state index in [0.717, 1.165) is 24.9 Å². The number of methoxy groups -OCH3 is 2. The summed E-state index contributed by atoms with van der Waals surface area (Å²) >= 11 is 0. The summed E-state index contributed by atoms with van der Waals surface area (Å²) < 4.78 is 15.2. The largest absolute Gasteiger partial charge is 0.466 e. The number of benzene rings is 1. The number of esters is 2. The number of anilines is 1. The number of ether oxygens (including phenoxy) is 3. The highest BCUT2D eigenvalue weighted by atomic mass is 16.5. The van der Waals surface area contributed by atoms with E-state index in [-0.39, 0.29) is 24.6 Å². The third-order valence-corrected chi connectivity index (χ3v) is 4.25. The van der Waals surface area contributed by atoms with Crippen LogP contribution in [-0.2, 0) is 36.6 Å². The maximum atomic E-state index is 12.3. The van der Waals surface area contributed by atoms with E-state index in [1.54, 1.807) is 4.90 Å². The standard InChI is InChI=1S/C17H19NO5/c1-21-16(19)13-9-23-10-18(15(13)17(20)22-2)14-8-4-6-11-5-3-7-12(11)14/h4,6,8H,3,5,7,9-10H2,1-2H3. The summed E-state index contributed by atoms with van der Waals surface area (Å²) in [5.41, 5.74) is 3.74. The molecular formula is C17H19NO5. The molecule has 0 atom stereocenters. The van der Waals surface area contributed by atoms with Crippen LogP contribution >= 0.6 is 0 Å². The van der Waals surface area contributed by atoms with Crippen LogP contribution in [0, 0.1) is 0 Å². The predicted molar refractivity (Wildman–Crippen MR) is 82.8 cm³/mol. The lowest BCUT2D eigenvalue weighted by molar-refractivity contribution is -0.140. The molecule has 0 aromatic heterocycles. The first-order chi connectivity index (χ1) is 11.2. The molecule has 0 saturated heterocycles. The highest BCUT2D eigenvalue weighted by molar-refractivity contribution is 6.03. The van der Waals surface area contributed by atoms with Gasteiger partial charge in [0, 0.05) is 5.69 Å². The molecule has 0 N–H and O–H groups in total. The summed E-state index contributed by atoms with van der Waals surface area (Å²) in [4.78, 5) is 26.0. The van der Waals surface area contributed by atoms with Crippen molar-refractivity contribution in [3.63, 3.8) is 0 Å². The lowest BCUT2D eigenvalue weighted by Crippen LogP contribution is -2.39. The molecule has 6 nitrogen and oxygen atoms in total. The summed E-state index contributed by atoms with van der Waals surface area (Å²) in [5, 5.41) is 0. The Kier molecular flexibility index (Phi) is 4.34. The normalized spacial score (nSPS) is 17.0. The Hall–Kier alpha value is -2.34. The second-order valence-corrected chi connectivity index (χ2v) is 5.48. The Labute approximate surface area is 134 Å². The Morgan fingerprint density at radius 1 is 1.13 bits per heavy atom. The van der Waals surface area contributed by atoms with Gasteiger partial charge >= 0.3 is 11.9 Å². The molecule has 0 radical (unpaired) electrons. The Morgan fingerprint density at radius 2 is 1.91 bits per heavy atom. The van der Waals surface area contributed by atoms with Crippen molar-refractivity contribution in [2.75, 3.05) is 32.5 Å². The van der Waals surface area contributed by atoms with E-state index in [4.69, 9.17) is 14.2 Å². The van der Waals surface area contributed by atoms with Gasteiger partial charge < -0.3 is 19.1 Å². The predicted octanol–water partition coefficient (Wildman–Crippen LogP) is 1.57. The molecule has 0 amide bonds. The molecule has 1 aliphatic heterocycles. The van der Waals surface area contributed by atoms with Crippen LogP contribution in [0.15, 0.2) is 29.5 Å². The summed E-state index contributed by atoms with van der Waals surface area (Å²) in [5.74, 6) is -1.15. The van der Waals surface area contributed by atoms with Crippen molar-refractivity contribution >= 4 is 17.6 Å². The summed E-state index contributed by atoms with van der Waals surface area (Å²) in [6.45, 7) is 0.226. The molecule has 0 fully saturated rings. The Morgan fingerprint density at radius 3 is 2.65 bits per heavy atom. The van der Waals surface area contributed by atoms with Crippen LogP contribution in [0.25, 0.3) is 0 Å². The smallest absolute Gasteiger partial charge is 0.355 e. The van der Waals surface area contributed by atoms with Gasteiger partial charge in [0.15, 0.2) is 0 Å². The van der Waals surface area contributed by atoms with Crippen LogP contribution in [0.5, 0.6) is 0 Å². The van der Waals surface area contributed by atoms with E-state index < -0.39 is 11.9 Å². The molecule has 1 heterocycles. The van der Waals surface area contributed by atoms with E-state index in [1.165, 1.54) is 25.3 Å². The number of rotatable bonds is 3. The average molecular weight is 317 g/mol. The topological polar surface area (TPSA) is 65.1 Å². The summed E-state index contributed by atoms with van der Waals surface area (Å²) in [6, 6.07) is 6.00. The molecule has 0 saturated carbocycles. The van der Waals surface area contributed by atoms with Crippen molar-refractivity contribution in [2.45, 2.75) is 19.3 Å². The van der Waals surface area contributed by atoms with Crippen LogP contribution in [0.3, 0.4) is 0 Å². The SMILES string of the molecule is COC(=O)C1=C(C(=O)OC)N(c2cccc3c2CCC3)COC1. The fraction of sp³-hybridized carbons (Fsp3) is 0.412. The summed E-state index contributed by atoms with van der Waals surface area (Å²) in [7, 11) is 2.58. The maximum absolute atomic E-state index is 12.3. The first-order valence-corrected chi connectivity index (χ1v) is 7.53. The summed E-state index contributed by atoms with van der Waals surface area (Å²) in [6.07, 6.45) is 3.06. The van der Waals surface area contributed by atoms with E-state index in [9.17, 15) is 9.59 Å². The van der Waals surface area contributed by atoms with Crippen molar-refractivity contribution in [3.05, 3.63) is 40.6 Å². The van der Waals surface area contributed by atoms with Crippen molar-refractivity contribution in [1.29, 1.82) is 0 Å². The number of hydrogen-bond donors (Lipinski definition) is 0. The van der Waals surface area contributed by atoms with Gasteiger partial charge in [0.25, 0.3) is 0 Å². The first kappa shape index (κ1) is 15.6.